The maximum atomic E-state index is 12.7. The quantitative estimate of drug-likeness (QED) is 0.516. The van der Waals surface area contributed by atoms with Gasteiger partial charge in [-0.1, -0.05) is 24.6 Å². The summed E-state index contributed by atoms with van der Waals surface area (Å²) >= 11 is 7.26. The van der Waals surface area contributed by atoms with E-state index in [-0.39, 0.29) is 33.6 Å². The number of carbonyl (C=O) groups excluding carboxylic acids is 2. The molecule has 0 aliphatic heterocycles. The Morgan fingerprint density at radius 1 is 1.14 bits per heavy atom. The Kier molecular flexibility index (Phi) is 6.82. The molecule has 1 saturated carbocycles. The molecule has 1 fully saturated rings. The van der Waals surface area contributed by atoms with Crippen molar-refractivity contribution in [3.63, 3.8) is 0 Å². The summed E-state index contributed by atoms with van der Waals surface area (Å²) in [6, 6.07) is 11.8. The molecule has 0 aromatic heterocycles. The predicted molar refractivity (Wildman–Crippen MR) is 115 cm³/mol. The number of hydrogen-bond donors (Lipinski definition) is 3. The van der Waals surface area contributed by atoms with Gasteiger partial charge in [-0.15, -0.1) is 11.8 Å². The van der Waals surface area contributed by atoms with Crippen LogP contribution in [0.3, 0.4) is 0 Å². The number of anilines is 2. The van der Waals surface area contributed by atoms with Crippen molar-refractivity contribution in [2.45, 2.75) is 36.3 Å². The smallest absolute Gasteiger partial charge is 0.337 e. The second-order valence-corrected chi connectivity index (χ2v) is 8.48. The third-order valence-corrected chi connectivity index (χ3v) is 6.14. The van der Waals surface area contributed by atoms with Crippen LogP contribution in [0.1, 0.15) is 36.5 Å². The summed E-state index contributed by atoms with van der Waals surface area (Å²) in [5.41, 5.74) is 1.02. The molecule has 2 aromatic rings. The van der Waals surface area contributed by atoms with Crippen LogP contribution in [0.25, 0.3) is 0 Å². The van der Waals surface area contributed by atoms with Crippen molar-refractivity contribution >= 4 is 52.5 Å². The Bertz CT molecular complexity index is 946. The van der Waals surface area contributed by atoms with Gasteiger partial charge in [0.05, 0.1) is 15.8 Å². The molecule has 152 valence electrons. The van der Waals surface area contributed by atoms with Gasteiger partial charge in [-0.3, -0.25) is 9.59 Å². The summed E-state index contributed by atoms with van der Waals surface area (Å²) in [6.45, 7) is 1.90. The maximum Gasteiger partial charge on any atom is 0.337 e. The van der Waals surface area contributed by atoms with Gasteiger partial charge in [0.2, 0.25) is 11.8 Å². The third kappa shape index (κ3) is 5.74. The van der Waals surface area contributed by atoms with E-state index in [0.717, 1.165) is 17.7 Å². The first kappa shape index (κ1) is 21.2. The number of hydrogen-bond acceptors (Lipinski definition) is 4. The maximum absolute atomic E-state index is 12.7. The first-order valence-corrected chi connectivity index (χ1v) is 10.5. The van der Waals surface area contributed by atoms with Crippen LogP contribution in [-0.2, 0) is 9.59 Å². The van der Waals surface area contributed by atoms with Crippen LogP contribution in [0.5, 0.6) is 0 Å². The zero-order chi connectivity index (χ0) is 21.0. The molecule has 1 aliphatic carbocycles. The fourth-order valence-corrected chi connectivity index (χ4v) is 3.92. The Balaban J connectivity index is 1.66. The van der Waals surface area contributed by atoms with E-state index in [0.29, 0.717) is 17.8 Å². The van der Waals surface area contributed by atoms with Crippen molar-refractivity contribution in [3.8, 4) is 0 Å². The molecule has 0 heterocycles. The first-order valence-electron chi connectivity index (χ1n) is 9.28. The highest BCUT2D eigenvalue weighted by Gasteiger charge is 2.29. The van der Waals surface area contributed by atoms with E-state index in [1.807, 2.05) is 31.2 Å². The third-order valence-electron chi connectivity index (χ3n) is 4.46. The lowest BCUT2D eigenvalue weighted by atomic mass is 10.2. The summed E-state index contributed by atoms with van der Waals surface area (Å²) in [5, 5.41) is 14.6. The zero-order valence-corrected chi connectivity index (χ0v) is 17.3. The van der Waals surface area contributed by atoms with Gasteiger partial charge < -0.3 is 15.7 Å². The van der Waals surface area contributed by atoms with Gasteiger partial charge in [0, 0.05) is 22.2 Å². The highest BCUT2D eigenvalue weighted by atomic mass is 35.5. The molecule has 1 atom stereocenters. The number of carboxylic acid groups (broad SMARTS) is 1. The highest BCUT2D eigenvalue weighted by Crippen LogP contribution is 2.32. The molecule has 0 spiro atoms. The van der Waals surface area contributed by atoms with E-state index < -0.39 is 5.97 Å². The zero-order valence-electron chi connectivity index (χ0n) is 15.8. The predicted octanol–water partition coefficient (Wildman–Crippen LogP) is 4.90. The van der Waals surface area contributed by atoms with Crippen molar-refractivity contribution < 1.29 is 19.5 Å². The largest absolute Gasteiger partial charge is 0.478 e. The summed E-state index contributed by atoms with van der Waals surface area (Å²) in [6.07, 6.45) is 2.45. The number of amides is 2. The van der Waals surface area contributed by atoms with E-state index in [4.69, 9.17) is 16.7 Å². The van der Waals surface area contributed by atoms with E-state index in [1.165, 1.54) is 23.9 Å². The molecule has 3 rings (SSSR count). The number of aromatic carboxylic acids is 1. The second-order valence-electron chi connectivity index (χ2n) is 6.80. The molecule has 6 nitrogen and oxygen atoms in total. The van der Waals surface area contributed by atoms with Crippen LogP contribution in [0, 0.1) is 5.92 Å². The van der Waals surface area contributed by atoms with Gasteiger partial charge in [0.25, 0.3) is 0 Å². The number of nitrogens with one attached hydrogen (secondary N) is 2. The number of benzene rings is 2. The van der Waals surface area contributed by atoms with Crippen molar-refractivity contribution in [1.82, 2.24) is 0 Å². The van der Waals surface area contributed by atoms with Crippen LogP contribution in [0.4, 0.5) is 11.4 Å². The molecular formula is C21H21ClN2O4S. The van der Waals surface area contributed by atoms with Crippen molar-refractivity contribution in [2.75, 3.05) is 10.6 Å². The molecular weight excluding hydrogens is 412 g/mol. The van der Waals surface area contributed by atoms with Gasteiger partial charge in [0.15, 0.2) is 0 Å². The summed E-state index contributed by atoms with van der Waals surface area (Å²) < 4.78 is 0. The molecule has 2 amide bonds. The van der Waals surface area contributed by atoms with Crippen LogP contribution in [0.15, 0.2) is 47.4 Å². The molecule has 1 unspecified atom stereocenters. The second kappa shape index (κ2) is 9.33. The molecule has 3 N–H and O–H groups in total. The SMILES string of the molecule is CCC(Sc1cccc(NC(=O)C2CC2)c1)C(=O)Nc1ccc(Cl)c(C(=O)O)c1. The Morgan fingerprint density at radius 2 is 1.86 bits per heavy atom. The van der Waals surface area contributed by atoms with E-state index >= 15 is 0 Å². The highest BCUT2D eigenvalue weighted by molar-refractivity contribution is 8.00. The van der Waals surface area contributed by atoms with Gasteiger partial charge in [-0.05, 0) is 55.7 Å². The summed E-state index contributed by atoms with van der Waals surface area (Å²) in [7, 11) is 0. The number of halogens is 1. The monoisotopic (exact) mass is 432 g/mol. The van der Waals surface area contributed by atoms with Crippen LogP contribution < -0.4 is 10.6 Å². The molecule has 29 heavy (non-hydrogen) atoms. The standard InChI is InChI=1S/C21H21ClN2O4S/c1-2-18(20(26)24-14-8-9-17(22)16(11-14)21(27)28)29-15-5-3-4-13(10-15)23-19(25)12-6-7-12/h3-5,8-12,18H,2,6-7H2,1H3,(H,23,25)(H,24,26)(H,27,28). The van der Waals surface area contributed by atoms with E-state index in [2.05, 4.69) is 10.6 Å². The Labute approximate surface area is 178 Å². The number of carboxylic acids is 1. The number of rotatable bonds is 8. The average molecular weight is 433 g/mol. The van der Waals surface area contributed by atoms with Crippen LogP contribution >= 0.6 is 23.4 Å². The van der Waals surface area contributed by atoms with Crippen LogP contribution in [-0.4, -0.2) is 28.1 Å². The fraction of sp³-hybridized carbons (Fsp3) is 0.286. The molecule has 1 aliphatic rings. The Hall–Kier alpha value is -2.51. The fourth-order valence-electron chi connectivity index (χ4n) is 2.71. The molecule has 0 bridgehead atoms. The lowest BCUT2D eigenvalue weighted by Gasteiger charge is -2.16. The lowest BCUT2D eigenvalue weighted by molar-refractivity contribution is -0.117. The molecule has 2 aromatic carbocycles. The first-order chi connectivity index (χ1) is 13.9. The normalized spacial score (nSPS) is 14.1. The number of carbonyl (C=O) groups is 3. The van der Waals surface area contributed by atoms with Gasteiger partial charge in [-0.25, -0.2) is 4.79 Å². The number of thioether (sulfide) groups is 1. The van der Waals surface area contributed by atoms with Crippen LogP contribution in [0.2, 0.25) is 5.02 Å². The minimum Gasteiger partial charge on any atom is -0.478 e. The summed E-state index contributed by atoms with van der Waals surface area (Å²) in [5.74, 6) is -1.23. The van der Waals surface area contributed by atoms with E-state index in [1.54, 1.807) is 6.07 Å². The molecule has 8 heteroatoms. The van der Waals surface area contributed by atoms with Gasteiger partial charge in [0.1, 0.15) is 0 Å². The van der Waals surface area contributed by atoms with Crippen molar-refractivity contribution in [3.05, 3.63) is 53.1 Å². The summed E-state index contributed by atoms with van der Waals surface area (Å²) in [4.78, 5) is 36.7. The minimum atomic E-state index is -1.16. The minimum absolute atomic E-state index is 0.0360. The van der Waals surface area contributed by atoms with Gasteiger partial charge in [-0.2, -0.15) is 0 Å². The topological polar surface area (TPSA) is 95.5 Å². The van der Waals surface area contributed by atoms with Crippen molar-refractivity contribution in [2.24, 2.45) is 5.92 Å². The average Bonchev–Trinajstić information content (AvgIpc) is 3.53. The molecule has 0 radical (unpaired) electrons. The molecule has 0 saturated heterocycles. The van der Waals surface area contributed by atoms with Crippen molar-refractivity contribution in [1.29, 1.82) is 0 Å². The van der Waals surface area contributed by atoms with Gasteiger partial charge >= 0.3 is 5.97 Å². The van der Waals surface area contributed by atoms with E-state index in [9.17, 15) is 14.4 Å². The Morgan fingerprint density at radius 3 is 2.52 bits per heavy atom. The lowest BCUT2D eigenvalue weighted by Crippen LogP contribution is -2.24.